The number of aryl methyl sites for hydroxylation is 2. The summed E-state index contributed by atoms with van der Waals surface area (Å²) in [5.74, 6) is -1.22. The van der Waals surface area contributed by atoms with Gasteiger partial charge >= 0.3 is 5.97 Å². The van der Waals surface area contributed by atoms with E-state index in [9.17, 15) is 15.2 Å². The maximum absolute atomic E-state index is 11.5. The number of benzene rings is 3. The lowest BCUT2D eigenvalue weighted by Crippen LogP contribution is -2.09. The van der Waals surface area contributed by atoms with Crippen LogP contribution in [0, 0.1) is 11.3 Å². The first kappa shape index (κ1) is 41.0. The third kappa shape index (κ3) is 9.91. The zero-order valence-electron chi connectivity index (χ0n) is 32.8. The van der Waals surface area contributed by atoms with Crippen molar-refractivity contribution in [3.05, 3.63) is 131 Å². The Morgan fingerprint density at radius 1 is 0.621 bits per heavy atom. The van der Waals surface area contributed by atoms with Crippen LogP contribution in [0.15, 0.2) is 115 Å². The number of hydrogen-bond acceptors (Lipinski definition) is 9. The van der Waals surface area contributed by atoms with Crippen molar-refractivity contribution in [3.8, 4) is 46.0 Å². The first-order valence-electron chi connectivity index (χ1n) is 20.0. The smallest absolute Gasteiger partial charge is 0.346 e. The van der Waals surface area contributed by atoms with Gasteiger partial charge in [0.25, 0.3) is 0 Å². The van der Waals surface area contributed by atoms with E-state index in [4.69, 9.17) is 9.97 Å². The molecule has 0 atom stereocenters. The Morgan fingerprint density at radius 2 is 1.12 bits per heavy atom. The van der Waals surface area contributed by atoms with Gasteiger partial charge in [0.05, 0.1) is 21.1 Å². The highest BCUT2D eigenvalue weighted by Crippen LogP contribution is 2.46. The number of unbranched alkanes of at least 4 members (excludes halogenated alkanes) is 6. The summed E-state index contributed by atoms with van der Waals surface area (Å²) in [5.41, 5.74) is 6.46. The first-order valence-corrected chi connectivity index (χ1v) is 23.3. The Balaban J connectivity index is 1.20. The molecule has 0 saturated heterocycles. The fraction of sp³-hybridized carbons (Fsp3) is 0.250. The van der Waals surface area contributed by atoms with Gasteiger partial charge in [-0.2, -0.15) is 5.26 Å². The Morgan fingerprint density at radius 3 is 1.64 bits per heavy atom. The van der Waals surface area contributed by atoms with Crippen LogP contribution in [0.2, 0.25) is 0 Å². The standard InChI is InChI=1S/C48H46N4O2S4/c1-3-5-7-15-21-39-44(42-28-27-38(55-42)31-34(32-49)48(53)54)57-46(50-39)47-51-40(22-16-8-6-4-2)45(58-47)43-30-29-41(56-43)33-23-25-37(26-24-33)52(35-17-11-9-12-18-35)36-19-13-10-14-20-36/h9-14,17-20,23-31H,3-8,15-16,21-22H2,1-2H3,(H,53,54)/b34-31+. The summed E-state index contributed by atoms with van der Waals surface area (Å²) in [5, 5.41) is 20.6. The minimum atomic E-state index is -1.22. The van der Waals surface area contributed by atoms with Gasteiger partial charge in [-0.25, -0.2) is 14.8 Å². The topological polar surface area (TPSA) is 90.1 Å². The van der Waals surface area contributed by atoms with Crippen molar-refractivity contribution in [2.75, 3.05) is 4.90 Å². The van der Waals surface area contributed by atoms with Gasteiger partial charge in [-0.3, -0.25) is 0 Å². The second-order valence-electron chi connectivity index (χ2n) is 14.1. The summed E-state index contributed by atoms with van der Waals surface area (Å²) in [6, 6.07) is 40.0. The molecule has 294 valence electrons. The Kier molecular flexibility index (Phi) is 14.1. The highest BCUT2D eigenvalue weighted by atomic mass is 32.1. The van der Waals surface area contributed by atoms with Crippen molar-refractivity contribution in [2.24, 2.45) is 0 Å². The molecule has 0 radical (unpaired) electrons. The molecule has 0 fully saturated rings. The monoisotopic (exact) mass is 838 g/mol. The number of hydrogen-bond donors (Lipinski definition) is 1. The zero-order valence-corrected chi connectivity index (χ0v) is 36.1. The van der Waals surface area contributed by atoms with E-state index in [0.29, 0.717) is 0 Å². The highest BCUT2D eigenvalue weighted by Gasteiger charge is 2.22. The molecule has 0 aliphatic carbocycles. The minimum Gasteiger partial charge on any atom is -0.477 e. The van der Waals surface area contributed by atoms with Crippen LogP contribution in [0.1, 0.15) is 81.5 Å². The van der Waals surface area contributed by atoms with Gasteiger partial charge < -0.3 is 10.0 Å². The molecule has 0 bridgehead atoms. The molecular formula is C48H46N4O2S4. The van der Waals surface area contributed by atoms with E-state index in [-0.39, 0.29) is 5.57 Å². The SMILES string of the molecule is CCCCCCc1nc(-c2nc(CCCCCC)c(-c3ccc(-c4ccc(N(c5ccccc5)c5ccccc5)cc4)s3)s2)sc1-c1ccc(/C=C(\C#N)C(=O)O)s1. The Labute approximate surface area is 357 Å². The van der Waals surface area contributed by atoms with Crippen LogP contribution in [-0.2, 0) is 17.6 Å². The predicted molar refractivity (Wildman–Crippen MR) is 247 cm³/mol. The van der Waals surface area contributed by atoms with Gasteiger partial charge in [0, 0.05) is 36.6 Å². The lowest BCUT2D eigenvalue weighted by molar-refractivity contribution is -0.132. The van der Waals surface area contributed by atoms with Crippen LogP contribution in [0.25, 0.3) is 46.0 Å². The quantitative estimate of drug-likeness (QED) is 0.0496. The molecule has 1 N–H and O–H groups in total. The summed E-state index contributed by atoms with van der Waals surface area (Å²) in [6.45, 7) is 4.46. The lowest BCUT2D eigenvalue weighted by Gasteiger charge is -2.25. The first-order chi connectivity index (χ1) is 28.4. The van der Waals surface area contributed by atoms with Crippen molar-refractivity contribution >= 4 is 74.5 Å². The molecule has 4 aromatic heterocycles. The minimum absolute atomic E-state index is 0.272. The predicted octanol–water partition coefficient (Wildman–Crippen LogP) is 15.1. The molecule has 0 amide bonds. The summed E-state index contributed by atoms with van der Waals surface area (Å²) < 4.78 is 0. The van der Waals surface area contributed by atoms with Crippen molar-refractivity contribution in [1.82, 2.24) is 9.97 Å². The number of anilines is 3. The number of aliphatic carboxylic acids is 1. The molecule has 0 unspecified atom stereocenters. The van der Waals surface area contributed by atoms with Gasteiger partial charge in [0.2, 0.25) is 0 Å². The zero-order chi connectivity index (χ0) is 40.3. The molecule has 0 spiro atoms. The normalized spacial score (nSPS) is 11.5. The van der Waals surface area contributed by atoms with E-state index < -0.39 is 5.97 Å². The Bertz CT molecular complexity index is 2450. The van der Waals surface area contributed by atoms with Gasteiger partial charge in [0.1, 0.15) is 11.6 Å². The summed E-state index contributed by atoms with van der Waals surface area (Å²) in [6.07, 6.45) is 12.5. The molecular weight excluding hydrogens is 793 g/mol. The van der Waals surface area contributed by atoms with Crippen LogP contribution >= 0.6 is 45.3 Å². The number of carboxylic acid groups (broad SMARTS) is 1. The van der Waals surface area contributed by atoms with E-state index in [1.807, 2.05) is 35.6 Å². The molecule has 10 heteroatoms. The molecule has 3 aromatic carbocycles. The molecule has 0 aliphatic heterocycles. The van der Waals surface area contributed by atoms with Crippen molar-refractivity contribution in [3.63, 3.8) is 0 Å². The van der Waals surface area contributed by atoms with E-state index >= 15 is 0 Å². The number of aromatic nitrogens is 2. The van der Waals surface area contributed by atoms with E-state index in [1.54, 1.807) is 28.7 Å². The van der Waals surface area contributed by atoms with Crippen molar-refractivity contribution in [2.45, 2.75) is 78.1 Å². The molecule has 0 aliphatic rings. The molecule has 7 aromatic rings. The molecule has 7 rings (SSSR count). The van der Waals surface area contributed by atoms with E-state index in [1.165, 1.54) is 69.7 Å². The number of rotatable bonds is 19. The van der Waals surface area contributed by atoms with Gasteiger partial charge in [-0.15, -0.1) is 45.3 Å². The number of para-hydroxylation sites is 2. The lowest BCUT2D eigenvalue weighted by atomic mass is 10.1. The van der Waals surface area contributed by atoms with Crippen LogP contribution < -0.4 is 4.90 Å². The fourth-order valence-electron chi connectivity index (χ4n) is 6.88. The molecule has 4 heterocycles. The molecule has 58 heavy (non-hydrogen) atoms. The second-order valence-corrected chi connectivity index (χ2v) is 18.3. The van der Waals surface area contributed by atoms with E-state index in [0.717, 1.165) is 85.2 Å². The Hall–Kier alpha value is -5.18. The molecule has 0 saturated carbocycles. The van der Waals surface area contributed by atoms with Gasteiger partial charge in [-0.1, -0.05) is 101 Å². The van der Waals surface area contributed by atoms with Crippen LogP contribution in [0.3, 0.4) is 0 Å². The van der Waals surface area contributed by atoms with Crippen LogP contribution in [0.4, 0.5) is 17.1 Å². The number of carbonyl (C=O) groups is 1. The fourth-order valence-corrected chi connectivity index (χ4v) is 11.3. The maximum atomic E-state index is 11.5. The summed E-state index contributed by atoms with van der Waals surface area (Å²) in [4.78, 5) is 30.9. The average Bonchev–Trinajstić information content (AvgIpc) is 4.08. The number of thiophene rings is 2. The van der Waals surface area contributed by atoms with Crippen LogP contribution in [-0.4, -0.2) is 21.0 Å². The number of nitrogens with zero attached hydrogens (tertiary/aromatic N) is 4. The van der Waals surface area contributed by atoms with Gasteiger partial charge in [0.15, 0.2) is 10.0 Å². The maximum Gasteiger partial charge on any atom is 0.346 e. The largest absolute Gasteiger partial charge is 0.477 e. The van der Waals surface area contributed by atoms with Crippen molar-refractivity contribution < 1.29 is 9.90 Å². The van der Waals surface area contributed by atoms with E-state index in [2.05, 4.69) is 104 Å². The summed E-state index contributed by atoms with van der Waals surface area (Å²) >= 11 is 6.72. The highest BCUT2D eigenvalue weighted by molar-refractivity contribution is 7.28. The number of nitriles is 1. The number of thiazole rings is 2. The third-order valence-electron chi connectivity index (χ3n) is 9.87. The second kappa shape index (κ2) is 20.0. The average molecular weight is 839 g/mol. The third-order valence-corrected chi connectivity index (χ3v) is 14.7. The van der Waals surface area contributed by atoms with Crippen molar-refractivity contribution in [1.29, 1.82) is 5.26 Å². The van der Waals surface area contributed by atoms with Gasteiger partial charge in [-0.05, 0) is 98.0 Å². The van der Waals surface area contributed by atoms with Crippen LogP contribution in [0.5, 0.6) is 0 Å². The number of carboxylic acids is 1. The molecule has 6 nitrogen and oxygen atoms in total. The summed E-state index contributed by atoms with van der Waals surface area (Å²) in [7, 11) is 0.